The third kappa shape index (κ3) is 4.66. The van der Waals surface area contributed by atoms with Crippen LogP contribution in [0.1, 0.15) is 23.2 Å². The molecule has 1 fully saturated rings. The van der Waals surface area contributed by atoms with Crippen LogP contribution in [0.4, 0.5) is 0 Å². The molecule has 0 aromatic carbocycles. The van der Waals surface area contributed by atoms with Crippen molar-refractivity contribution in [3.05, 3.63) is 23.9 Å². The molecule has 7 heteroatoms. The highest BCUT2D eigenvalue weighted by molar-refractivity contribution is 5.93. The van der Waals surface area contributed by atoms with Crippen molar-refractivity contribution in [3.63, 3.8) is 0 Å². The third-order valence-corrected chi connectivity index (χ3v) is 3.74. The van der Waals surface area contributed by atoms with Crippen LogP contribution in [0, 0.1) is 0 Å². The summed E-state index contributed by atoms with van der Waals surface area (Å²) in [5.41, 5.74) is 0.530. The van der Waals surface area contributed by atoms with E-state index >= 15 is 0 Å². The van der Waals surface area contributed by atoms with Crippen molar-refractivity contribution in [3.8, 4) is 5.88 Å². The maximum absolute atomic E-state index is 11.8. The number of aromatic nitrogens is 1. The number of likely N-dealkylation sites (tertiary alicyclic amines) is 1. The molecular formula is C16H23N3O4. The van der Waals surface area contributed by atoms with E-state index in [1.165, 1.54) is 18.2 Å². The standard InChI is InChI=1S/C16H23N3O4/c1-18(2)16(21)12-4-5-14(17-10-12)23-13-6-8-19(9-7-13)15(20)11-22-3/h4-5,10,13H,6-9,11H2,1-3H3. The summed E-state index contributed by atoms with van der Waals surface area (Å²) in [6.07, 6.45) is 3.07. The molecule has 0 aliphatic carbocycles. The van der Waals surface area contributed by atoms with E-state index in [9.17, 15) is 9.59 Å². The summed E-state index contributed by atoms with van der Waals surface area (Å²) in [6, 6.07) is 3.42. The highest BCUT2D eigenvalue weighted by Crippen LogP contribution is 2.18. The van der Waals surface area contributed by atoms with Gasteiger partial charge in [-0.05, 0) is 6.07 Å². The molecule has 126 valence electrons. The monoisotopic (exact) mass is 321 g/mol. The fourth-order valence-corrected chi connectivity index (χ4v) is 2.44. The van der Waals surface area contributed by atoms with Crippen LogP contribution < -0.4 is 4.74 Å². The molecule has 23 heavy (non-hydrogen) atoms. The van der Waals surface area contributed by atoms with Crippen molar-refractivity contribution in [1.82, 2.24) is 14.8 Å². The molecular weight excluding hydrogens is 298 g/mol. The van der Waals surface area contributed by atoms with Gasteiger partial charge in [0.1, 0.15) is 12.7 Å². The molecule has 0 radical (unpaired) electrons. The topological polar surface area (TPSA) is 72.0 Å². The highest BCUT2D eigenvalue weighted by atomic mass is 16.5. The Bertz CT molecular complexity index is 537. The molecule has 1 aromatic rings. The Morgan fingerprint density at radius 2 is 2.00 bits per heavy atom. The van der Waals surface area contributed by atoms with Crippen LogP contribution in [0.15, 0.2) is 18.3 Å². The maximum atomic E-state index is 11.8. The summed E-state index contributed by atoms with van der Waals surface area (Å²) in [7, 11) is 4.92. The van der Waals surface area contributed by atoms with Gasteiger partial charge in [0.05, 0.1) is 5.56 Å². The zero-order chi connectivity index (χ0) is 16.8. The van der Waals surface area contributed by atoms with Gasteiger partial charge in [0.25, 0.3) is 5.91 Å². The van der Waals surface area contributed by atoms with Gasteiger partial charge in [-0.2, -0.15) is 0 Å². The minimum Gasteiger partial charge on any atom is -0.474 e. The van der Waals surface area contributed by atoms with Crippen LogP contribution in [0.3, 0.4) is 0 Å². The van der Waals surface area contributed by atoms with Crippen LogP contribution in [-0.2, 0) is 9.53 Å². The van der Waals surface area contributed by atoms with Gasteiger partial charge in [0, 0.05) is 59.4 Å². The normalized spacial score (nSPS) is 15.3. The summed E-state index contributed by atoms with van der Waals surface area (Å²) in [5.74, 6) is 0.423. The number of carbonyl (C=O) groups excluding carboxylic acids is 2. The minimum absolute atomic E-state index is 0.00984. The zero-order valence-corrected chi connectivity index (χ0v) is 13.8. The van der Waals surface area contributed by atoms with Gasteiger partial charge >= 0.3 is 0 Å². The van der Waals surface area contributed by atoms with Crippen molar-refractivity contribution >= 4 is 11.8 Å². The van der Waals surface area contributed by atoms with Gasteiger partial charge in [-0.3, -0.25) is 9.59 Å². The van der Waals surface area contributed by atoms with Gasteiger partial charge in [-0.15, -0.1) is 0 Å². The number of rotatable bonds is 5. The molecule has 2 amide bonds. The van der Waals surface area contributed by atoms with E-state index in [-0.39, 0.29) is 24.5 Å². The van der Waals surface area contributed by atoms with Crippen molar-refractivity contribution in [2.75, 3.05) is 40.9 Å². The van der Waals surface area contributed by atoms with E-state index in [2.05, 4.69) is 4.98 Å². The fourth-order valence-electron chi connectivity index (χ4n) is 2.44. The van der Waals surface area contributed by atoms with Crippen LogP contribution in [0.2, 0.25) is 0 Å². The summed E-state index contributed by atoms with van der Waals surface area (Å²) in [6.45, 7) is 1.43. The van der Waals surface area contributed by atoms with Gasteiger partial charge in [0.2, 0.25) is 11.8 Å². The Balaban J connectivity index is 1.84. The van der Waals surface area contributed by atoms with E-state index in [1.807, 2.05) is 0 Å². The van der Waals surface area contributed by atoms with Crippen molar-refractivity contribution in [2.45, 2.75) is 18.9 Å². The number of hydrogen-bond donors (Lipinski definition) is 0. The number of carbonyl (C=O) groups is 2. The number of ether oxygens (including phenoxy) is 2. The number of nitrogens with zero attached hydrogens (tertiary/aromatic N) is 3. The van der Waals surface area contributed by atoms with E-state index < -0.39 is 0 Å². The zero-order valence-electron chi connectivity index (χ0n) is 13.8. The summed E-state index contributed by atoms with van der Waals surface area (Å²) in [5, 5.41) is 0. The fraction of sp³-hybridized carbons (Fsp3) is 0.562. The number of amides is 2. The highest BCUT2D eigenvalue weighted by Gasteiger charge is 2.24. The number of piperidine rings is 1. The van der Waals surface area contributed by atoms with Crippen molar-refractivity contribution < 1.29 is 19.1 Å². The maximum Gasteiger partial charge on any atom is 0.254 e. The molecule has 0 unspecified atom stereocenters. The van der Waals surface area contributed by atoms with Gasteiger partial charge in [-0.25, -0.2) is 4.98 Å². The predicted molar refractivity (Wildman–Crippen MR) is 84.4 cm³/mol. The van der Waals surface area contributed by atoms with Crippen LogP contribution in [-0.4, -0.2) is 73.6 Å². The van der Waals surface area contributed by atoms with Gasteiger partial charge < -0.3 is 19.3 Å². The second kappa shape index (κ2) is 7.92. The molecule has 1 aromatic heterocycles. The molecule has 2 heterocycles. The largest absolute Gasteiger partial charge is 0.474 e. The average Bonchev–Trinajstić information content (AvgIpc) is 2.55. The minimum atomic E-state index is -0.0889. The second-order valence-corrected chi connectivity index (χ2v) is 5.72. The van der Waals surface area contributed by atoms with Crippen LogP contribution in [0.25, 0.3) is 0 Å². The molecule has 0 N–H and O–H groups in total. The number of hydrogen-bond acceptors (Lipinski definition) is 5. The Hall–Kier alpha value is -2.15. The number of methoxy groups -OCH3 is 1. The summed E-state index contributed by atoms with van der Waals surface area (Å²) in [4.78, 5) is 31.0. The quantitative estimate of drug-likeness (QED) is 0.802. The second-order valence-electron chi connectivity index (χ2n) is 5.72. The van der Waals surface area contributed by atoms with E-state index in [0.717, 1.165) is 12.8 Å². The SMILES string of the molecule is COCC(=O)N1CCC(Oc2ccc(C(=O)N(C)C)cn2)CC1. The molecule has 1 aliphatic rings. The lowest BCUT2D eigenvalue weighted by Gasteiger charge is -2.31. The molecule has 0 atom stereocenters. The molecule has 0 spiro atoms. The molecule has 0 bridgehead atoms. The van der Waals surface area contributed by atoms with Crippen LogP contribution in [0.5, 0.6) is 5.88 Å². The summed E-state index contributed by atoms with van der Waals surface area (Å²) < 4.78 is 10.7. The molecule has 7 nitrogen and oxygen atoms in total. The first-order valence-electron chi connectivity index (χ1n) is 7.62. The van der Waals surface area contributed by atoms with Crippen molar-refractivity contribution in [2.24, 2.45) is 0 Å². The van der Waals surface area contributed by atoms with E-state index in [4.69, 9.17) is 9.47 Å². The van der Waals surface area contributed by atoms with E-state index in [0.29, 0.717) is 24.5 Å². The van der Waals surface area contributed by atoms with Gasteiger partial charge in [0.15, 0.2) is 0 Å². The lowest BCUT2D eigenvalue weighted by molar-refractivity contribution is -0.136. The summed E-state index contributed by atoms with van der Waals surface area (Å²) >= 11 is 0. The Morgan fingerprint density at radius 3 is 2.52 bits per heavy atom. The Labute approximate surface area is 136 Å². The predicted octanol–water partition coefficient (Wildman–Crippen LogP) is 0.800. The van der Waals surface area contributed by atoms with Crippen molar-refractivity contribution in [1.29, 1.82) is 0 Å². The first kappa shape index (κ1) is 17.2. The van der Waals surface area contributed by atoms with Crippen LogP contribution >= 0.6 is 0 Å². The molecule has 1 aliphatic heterocycles. The Kier molecular flexibility index (Phi) is 5.92. The molecule has 2 rings (SSSR count). The number of pyridine rings is 1. The first-order valence-corrected chi connectivity index (χ1v) is 7.62. The third-order valence-electron chi connectivity index (χ3n) is 3.74. The first-order chi connectivity index (χ1) is 11.0. The lowest BCUT2D eigenvalue weighted by Crippen LogP contribution is -2.43. The van der Waals surface area contributed by atoms with Gasteiger partial charge in [-0.1, -0.05) is 0 Å². The lowest BCUT2D eigenvalue weighted by atomic mass is 10.1. The Morgan fingerprint density at radius 1 is 1.30 bits per heavy atom. The average molecular weight is 321 g/mol. The molecule has 1 saturated heterocycles. The smallest absolute Gasteiger partial charge is 0.254 e. The molecule has 0 saturated carbocycles. The van der Waals surface area contributed by atoms with E-state index in [1.54, 1.807) is 31.1 Å².